The Labute approximate surface area is 103 Å². The Hall–Kier alpha value is -1.02. The van der Waals surface area contributed by atoms with Gasteiger partial charge in [-0.3, -0.25) is 0 Å². The molecule has 92 valence electrons. The van der Waals surface area contributed by atoms with Crippen molar-refractivity contribution in [2.75, 3.05) is 6.61 Å². The third-order valence-electron chi connectivity index (χ3n) is 4.55. The number of nitrogens with two attached hydrogens (primary N) is 1. The zero-order chi connectivity index (χ0) is 11.9. The van der Waals surface area contributed by atoms with Crippen LogP contribution in [0.2, 0.25) is 0 Å². The van der Waals surface area contributed by atoms with E-state index < -0.39 is 0 Å². The van der Waals surface area contributed by atoms with Gasteiger partial charge >= 0.3 is 0 Å². The average molecular weight is 231 g/mol. The highest BCUT2D eigenvalue weighted by atomic mass is 16.5. The van der Waals surface area contributed by atoms with E-state index >= 15 is 0 Å². The number of hydrogen-bond donors (Lipinski definition) is 1. The van der Waals surface area contributed by atoms with Crippen molar-refractivity contribution in [3.05, 3.63) is 29.3 Å². The van der Waals surface area contributed by atoms with E-state index in [1.165, 1.54) is 36.8 Å². The number of ether oxygens (including phenoxy) is 1. The first-order chi connectivity index (χ1) is 8.25. The first-order valence-corrected chi connectivity index (χ1v) is 6.78. The van der Waals surface area contributed by atoms with E-state index in [-0.39, 0.29) is 6.04 Å². The molecule has 2 nitrogen and oxygen atoms in total. The summed E-state index contributed by atoms with van der Waals surface area (Å²) in [6.45, 7) is 2.77. The normalized spacial score (nSPS) is 25.2. The molecule has 1 spiro atoms. The topological polar surface area (TPSA) is 35.2 Å². The van der Waals surface area contributed by atoms with E-state index in [2.05, 4.69) is 18.2 Å². The van der Waals surface area contributed by atoms with Gasteiger partial charge in [0, 0.05) is 6.04 Å². The Morgan fingerprint density at radius 1 is 1.35 bits per heavy atom. The largest absolute Gasteiger partial charge is 0.494 e. The van der Waals surface area contributed by atoms with Crippen molar-refractivity contribution in [1.29, 1.82) is 0 Å². The van der Waals surface area contributed by atoms with Crippen molar-refractivity contribution in [1.82, 2.24) is 0 Å². The molecule has 2 aliphatic rings. The molecule has 0 aromatic heterocycles. The summed E-state index contributed by atoms with van der Waals surface area (Å²) < 4.78 is 5.63. The second kappa shape index (κ2) is 4.02. The van der Waals surface area contributed by atoms with Crippen molar-refractivity contribution in [2.45, 2.75) is 50.5 Å². The average Bonchev–Trinajstić information content (AvgIpc) is 2.28. The fourth-order valence-corrected chi connectivity index (χ4v) is 3.42. The monoisotopic (exact) mass is 231 g/mol. The Morgan fingerprint density at radius 2 is 2.18 bits per heavy atom. The molecule has 2 aliphatic carbocycles. The van der Waals surface area contributed by atoms with Crippen molar-refractivity contribution in [2.24, 2.45) is 5.73 Å². The van der Waals surface area contributed by atoms with Crippen LogP contribution < -0.4 is 10.5 Å². The van der Waals surface area contributed by atoms with Gasteiger partial charge in [0.05, 0.1) is 6.61 Å². The Morgan fingerprint density at radius 3 is 2.82 bits per heavy atom. The zero-order valence-electron chi connectivity index (χ0n) is 10.5. The predicted molar refractivity (Wildman–Crippen MR) is 69.3 cm³/mol. The van der Waals surface area contributed by atoms with Gasteiger partial charge in [0.2, 0.25) is 0 Å². The summed E-state index contributed by atoms with van der Waals surface area (Å²) >= 11 is 0. The van der Waals surface area contributed by atoms with Gasteiger partial charge in [-0.15, -0.1) is 0 Å². The van der Waals surface area contributed by atoms with Crippen molar-refractivity contribution >= 4 is 0 Å². The lowest BCUT2D eigenvalue weighted by atomic mass is 9.57. The van der Waals surface area contributed by atoms with E-state index in [1.807, 2.05) is 6.92 Å². The molecule has 2 heteroatoms. The van der Waals surface area contributed by atoms with E-state index in [9.17, 15) is 0 Å². The molecule has 17 heavy (non-hydrogen) atoms. The summed E-state index contributed by atoms with van der Waals surface area (Å²) in [6, 6.07) is 6.73. The highest BCUT2D eigenvalue weighted by molar-refractivity contribution is 5.45. The Kier molecular flexibility index (Phi) is 2.62. The van der Waals surface area contributed by atoms with Gasteiger partial charge in [0.15, 0.2) is 0 Å². The first-order valence-electron chi connectivity index (χ1n) is 6.78. The molecule has 1 aromatic carbocycles. The van der Waals surface area contributed by atoms with Crippen LogP contribution >= 0.6 is 0 Å². The lowest BCUT2D eigenvalue weighted by molar-refractivity contribution is 0.198. The summed E-state index contributed by atoms with van der Waals surface area (Å²) in [7, 11) is 0. The van der Waals surface area contributed by atoms with Gasteiger partial charge in [-0.05, 0) is 61.3 Å². The van der Waals surface area contributed by atoms with Crippen LogP contribution in [0.3, 0.4) is 0 Å². The highest BCUT2D eigenvalue weighted by Crippen LogP contribution is 2.53. The molecule has 0 heterocycles. The van der Waals surface area contributed by atoms with Gasteiger partial charge in [-0.2, -0.15) is 0 Å². The van der Waals surface area contributed by atoms with E-state index in [0.717, 1.165) is 18.8 Å². The quantitative estimate of drug-likeness (QED) is 0.847. The second-order valence-electron chi connectivity index (χ2n) is 5.46. The van der Waals surface area contributed by atoms with Crippen molar-refractivity contribution in [3.8, 4) is 5.75 Å². The van der Waals surface area contributed by atoms with Crippen LogP contribution in [0, 0.1) is 0 Å². The van der Waals surface area contributed by atoms with Crippen molar-refractivity contribution < 1.29 is 4.74 Å². The fourth-order valence-electron chi connectivity index (χ4n) is 3.42. The molecular weight excluding hydrogens is 210 g/mol. The van der Waals surface area contributed by atoms with Crippen LogP contribution in [-0.2, 0) is 5.41 Å². The number of fused-ring (bicyclic) bond motifs is 2. The molecule has 2 N–H and O–H groups in total. The SMILES string of the molecule is CCOc1ccc2c(c1)C1(CCC1)CCC2N. The third kappa shape index (κ3) is 1.66. The second-order valence-corrected chi connectivity index (χ2v) is 5.46. The molecule has 0 bridgehead atoms. The minimum Gasteiger partial charge on any atom is -0.494 e. The van der Waals surface area contributed by atoms with Crippen LogP contribution in [0.25, 0.3) is 0 Å². The maximum absolute atomic E-state index is 6.23. The molecule has 1 unspecified atom stereocenters. The third-order valence-corrected chi connectivity index (χ3v) is 4.55. The maximum Gasteiger partial charge on any atom is 0.119 e. The molecule has 1 fully saturated rings. The highest BCUT2D eigenvalue weighted by Gasteiger charge is 2.43. The molecule has 3 rings (SSSR count). The van der Waals surface area contributed by atoms with Crippen LogP contribution in [0.4, 0.5) is 0 Å². The summed E-state index contributed by atoms with van der Waals surface area (Å²) in [6.07, 6.45) is 6.44. The number of rotatable bonds is 2. The van der Waals surface area contributed by atoms with Crippen LogP contribution in [0.1, 0.15) is 56.2 Å². The number of benzene rings is 1. The molecule has 0 aliphatic heterocycles. The van der Waals surface area contributed by atoms with Crippen molar-refractivity contribution in [3.63, 3.8) is 0 Å². The smallest absolute Gasteiger partial charge is 0.119 e. The van der Waals surface area contributed by atoms with Gasteiger partial charge in [-0.25, -0.2) is 0 Å². The predicted octanol–water partition coefficient (Wildman–Crippen LogP) is 3.30. The minimum atomic E-state index is 0.229. The minimum absolute atomic E-state index is 0.229. The molecule has 1 aromatic rings. The van der Waals surface area contributed by atoms with Crippen LogP contribution in [-0.4, -0.2) is 6.61 Å². The van der Waals surface area contributed by atoms with E-state index in [0.29, 0.717) is 5.41 Å². The summed E-state index contributed by atoms with van der Waals surface area (Å²) in [5.74, 6) is 1.01. The molecule has 0 radical (unpaired) electrons. The summed E-state index contributed by atoms with van der Waals surface area (Å²) in [5.41, 5.74) is 9.51. The van der Waals surface area contributed by atoms with Crippen LogP contribution in [0.15, 0.2) is 18.2 Å². The number of hydrogen-bond acceptors (Lipinski definition) is 2. The van der Waals surface area contributed by atoms with Gasteiger partial charge < -0.3 is 10.5 Å². The van der Waals surface area contributed by atoms with E-state index in [1.54, 1.807) is 0 Å². The molecule has 1 atom stereocenters. The van der Waals surface area contributed by atoms with Gasteiger partial charge in [0.1, 0.15) is 5.75 Å². The molecule has 0 saturated heterocycles. The summed E-state index contributed by atoms with van der Waals surface area (Å²) in [4.78, 5) is 0. The first kappa shape index (κ1) is 11.1. The lowest BCUT2D eigenvalue weighted by Gasteiger charge is -2.48. The Balaban J connectivity index is 2.03. The van der Waals surface area contributed by atoms with Gasteiger partial charge in [0.25, 0.3) is 0 Å². The zero-order valence-corrected chi connectivity index (χ0v) is 10.5. The molecular formula is C15H21NO. The van der Waals surface area contributed by atoms with E-state index in [4.69, 9.17) is 10.5 Å². The van der Waals surface area contributed by atoms with Gasteiger partial charge in [-0.1, -0.05) is 12.5 Å². The van der Waals surface area contributed by atoms with Crippen LogP contribution in [0.5, 0.6) is 5.75 Å². The maximum atomic E-state index is 6.23. The lowest BCUT2D eigenvalue weighted by Crippen LogP contribution is -2.40. The Bertz CT molecular complexity index is 423. The standard InChI is InChI=1S/C15H21NO/c1-2-17-11-4-5-12-13(10-11)15(7-3-8-15)9-6-14(12)16/h4-5,10,14H,2-3,6-9,16H2,1H3. The fraction of sp³-hybridized carbons (Fsp3) is 0.600. The summed E-state index contributed by atoms with van der Waals surface area (Å²) in [5, 5.41) is 0. The molecule has 1 saturated carbocycles. The molecule has 0 amide bonds.